The molecule has 4 heteroatoms. The Morgan fingerprint density at radius 2 is 2.32 bits per heavy atom. The maximum absolute atomic E-state index is 12.5. The van der Waals surface area contributed by atoms with Crippen LogP contribution in [0.3, 0.4) is 0 Å². The molecule has 1 aromatic carbocycles. The van der Waals surface area contributed by atoms with Crippen molar-refractivity contribution in [2.75, 3.05) is 20.3 Å². The number of hydrogen-bond acceptors (Lipinski definition) is 3. The fourth-order valence-corrected chi connectivity index (χ4v) is 2.58. The van der Waals surface area contributed by atoms with Gasteiger partial charge in [0.15, 0.2) is 0 Å². The molecule has 1 aliphatic rings. The second-order valence-corrected chi connectivity index (χ2v) is 4.96. The number of rotatable bonds is 4. The average Bonchev–Trinajstić information content (AvgIpc) is 2.47. The van der Waals surface area contributed by atoms with E-state index in [1.54, 1.807) is 12.0 Å². The van der Waals surface area contributed by atoms with Crippen LogP contribution < -0.4 is 0 Å². The minimum absolute atomic E-state index is 0.0108. The predicted molar refractivity (Wildman–Crippen MR) is 72.9 cm³/mol. The van der Waals surface area contributed by atoms with E-state index in [1.807, 2.05) is 24.3 Å². The van der Waals surface area contributed by atoms with Gasteiger partial charge in [-0.1, -0.05) is 12.1 Å². The lowest BCUT2D eigenvalue weighted by atomic mass is 10.0. The summed E-state index contributed by atoms with van der Waals surface area (Å²) >= 11 is 0. The Hall–Kier alpha value is -1.39. The number of methoxy groups -OCH3 is 1. The normalized spacial score (nSPS) is 19.5. The number of hydrogen-bond donors (Lipinski definition) is 1. The van der Waals surface area contributed by atoms with Gasteiger partial charge >= 0.3 is 0 Å². The van der Waals surface area contributed by atoms with Gasteiger partial charge in [0.05, 0.1) is 19.3 Å². The van der Waals surface area contributed by atoms with Crippen LogP contribution in [0.2, 0.25) is 0 Å². The van der Waals surface area contributed by atoms with Crippen molar-refractivity contribution in [2.24, 2.45) is 0 Å². The van der Waals surface area contributed by atoms with Crippen LogP contribution in [0.15, 0.2) is 24.3 Å². The molecule has 1 atom stereocenters. The first-order chi connectivity index (χ1) is 9.26. The molecule has 0 aliphatic carbocycles. The van der Waals surface area contributed by atoms with E-state index in [-0.39, 0.29) is 18.6 Å². The van der Waals surface area contributed by atoms with Crippen molar-refractivity contribution in [3.8, 4) is 0 Å². The molecule has 19 heavy (non-hydrogen) atoms. The lowest BCUT2D eigenvalue weighted by molar-refractivity contribution is 0.0503. The van der Waals surface area contributed by atoms with E-state index >= 15 is 0 Å². The molecular weight excluding hydrogens is 242 g/mol. The molecule has 0 saturated carbocycles. The molecule has 1 N–H and O–H groups in total. The van der Waals surface area contributed by atoms with Gasteiger partial charge in [0, 0.05) is 19.2 Å². The van der Waals surface area contributed by atoms with Crippen LogP contribution in [0.5, 0.6) is 0 Å². The van der Waals surface area contributed by atoms with Gasteiger partial charge in [0.2, 0.25) is 0 Å². The van der Waals surface area contributed by atoms with Crippen LogP contribution in [0.4, 0.5) is 0 Å². The van der Waals surface area contributed by atoms with E-state index in [4.69, 9.17) is 4.74 Å². The van der Waals surface area contributed by atoms with Gasteiger partial charge in [-0.25, -0.2) is 0 Å². The first-order valence-corrected chi connectivity index (χ1v) is 6.76. The Balaban J connectivity index is 2.15. The Kier molecular flexibility index (Phi) is 4.93. The Bertz CT molecular complexity index is 433. The molecule has 0 radical (unpaired) electrons. The second-order valence-electron chi connectivity index (χ2n) is 4.96. The van der Waals surface area contributed by atoms with Crippen LogP contribution in [-0.2, 0) is 11.3 Å². The first-order valence-electron chi connectivity index (χ1n) is 6.76. The fraction of sp³-hybridized carbons (Fsp3) is 0.533. The van der Waals surface area contributed by atoms with E-state index in [1.165, 1.54) is 0 Å². The monoisotopic (exact) mass is 263 g/mol. The summed E-state index contributed by atoms with van der Waals surface area (Å²) in [6, 6.07) is 7.48. The summed E-state index contributed by atoms with van der Waals surface area (Å²) in [7, 11) is 1.64. The van der Waals surface area contributed by atoms with E-state index in [2.05, 4.69) is 0 Å². The number of aliphatic hydroxyl groups excluding tert-OH is 1. The highest BCUT2D eigenvalue weighted by molar-refractivity contribution is 5.94. The van der Waals surface area contributed by atoms with Crippen LogP contribution in [0.25, 0.3) is 0 Å². The molecule has 1 fully saturated rings. The molecule has 4 nitrogen and oxygen atoms in total. The lowest BCUT2D eigenvalue weighted by Crippen LogP contribution is -2.45. The summed E-state index contributed by atoms with van der Waals surface area (Å²) in [5, 5.41) is 9.38. The molecule has 104 valence electrons. The van der Waals surface area contributed by atoms with Crippen LogP contribution in [0.1, 0.15) is 35.2 Å². The van der Waals surface area contributed by atoms with Gasteiger partial charge in [0.25, 0.3) is 5.91 Å². The van der Waals surface area contributed by atoms with Crippen molar-refractivity contribution < 1.29 is 14.6 Å². The van der Waals surface area contributed by atoms with Crippen LogP contribution in [0, 0.1) is 0 Å². The molecular formula is C15H21NO3. The topological polar surface area (TPSA) is 49.8 Å². The molecule has 1 aliphatic heterocycles. The van der Waals surface area contributed by atoms with Gasteiger partial charge in [-0.15, -0.1) is 0 Å². The maximum Gasteiger partial charge on any atom is 0.254 e. The highest BCUT2D eigenvalue weighted by Gasteiger charge is 2.26. The third kappa shape index (κ3) is 3.33. The summed E-state index contributed by atoms with van der Waals surface area (Å²) in [6.07, 6.45) is 2.98. The lowest BCUT2D eigenvalue weighted by Gasteiger charge is -2.34. The number of benzene rings is 1. The van der Waals surface area contributed by atoms with Crippen molar-refractivity contribution in [3.63, 3.8) is 0 Å². The molecule has 0 aromatic heterocycles. The van der Waals surface area contributed by atoms with Gasteiger partial charge in [-0.2, -0.15) is 0 Å². The number of aliphatic hydroxyl groups is 1. The third-order valence-corrected chi connectivity index (χ3v) is 3.58. The van der Waals surface area contributed by atoms with Gasteiger partial charge in [0.1, 0.15) is 0 Å². The molecule has 1 saturated heterocycles. The zero-order valence-electron chi connectivity index (χ0n) is 11.3. The molecule has 1 amide bonds. The minimum Gasteiger partial charge on any atom is -0.394 e. The van der Waals surface area contributed by atoms with E-state index in [0.29, 0.717) is 12.2 Å². The third-order valence-electron chi connectivity index (χ3n) is 3.58. The highest BCUT2D eigenvalue weighted by Crippen LogP contribution is 2.20. The number of amides is 1. The Morgan fingerprint density at radius 3 is 3.05 bits per heavy atom. The number of ether oxygens (including phenoxy) is 1. The summed E-state index contributed by atoms with van der Waals surface area (Å²) in [5.74, 6) is 0.0108. The largest absolute Gasteiger partial charge is 0.394 e. The highest BCUT2D eigenvalue weighted by atomic mass is 16.5. The van der Waals surface area contributed by atoms with E-state index in [0.717, 1.165) is 31.4 Å². The fourth-order valence-electron chi connectivity index (χ4n) is 2.58. The quantitative estimate of drug-likeness (QED) is 0.901. The van der Waals surface area contributed by atoms with Crippen molar-refractivity contribution in [1.82, 2.24) is 4.90 Å². The van der Waals surface area contributed by atoms with Crippen molar-refractivity contribution in [1.29, 1.82) is 0 Å². The standard InChI is InChI=1S/C15H21NO3/c1-19-11-12-5-4-6-13(9-12)15(18)16-8-3-2-7-14(16)10-17/h4-6,9,14,17H,2-3,7-8,10-11H2,1H3. The summed E-state index contributed by atoms with van der Waals surface area (Å²) < 4.78 is 5.09. The number of carbonyl (C=O) groups is 1. The van der Waals surface area contributed by atoms with Gasteiger partial charge in [-0.05, 0) is 37.0 Å². The zero-order valence-corrected chi connectivity index (χ0v) is 11.3. The van der Waals surface area contributed by atoms with Crippen molar-refractivity contribution in [3.05, 3.63) is 35.4 Å². The summed E-state index contributed by atoms with van der Waals surface area (Å²) in [6.45, 7) is 1.28. The second kappa shape index (κ2) is 6.68. The van der Waals surface area contributed by atoms with E-state index in [9.17, 15) is 9.90 Å². The van der Waals surface area contributed by atoms with Crippen LogP contribution in [-0.4, -0.2) is 42.2 Å². The minimum atomic E-state index is -0.0349. The van der Waals surface area contributed by atoms with Gasteiger partial charge in [-0.3, -0.25) is 4.79 Å². The SMILES string of the molecule is COCc1cccc(C(=O)N2CCCCC2CO)c1. The molecule has 2 rings (SSSR count). The Morgan fingerprint density at radius 1 is 1.47 bits per heavy atom. The molecule has 0 bridgehead atoms. The number of likely N-dealkylation sites (tertiary alicyclic amines) is 1. The Labute approximate surface area is 114 Å². The summed E-state index contributed by atoms with van der Waals surface area (Å²) in [4.78, 5) is 14.3. The average molecular weight is 263 g/mol. The zero-order chi connectivity index (χ0) is 13.7. The maximum atomic E-state index is 12.5. The predicted octanol–water partition coefficient (Wildman–Crippen LogP) is 1.82. The van der Waals surface area contributed by atoms with E-state index < -0.39 is 0 Å². The van der Waals surface area contributed by atoms with Gasteiger partial charge < -0.3 is 14.7 Å². The van der Waals surface area contributed by atoms with Crippen LogP contribution >= 0.6 is 0 Å². The molecule has 0 spiro atoms. The number of nitrogens with zero attached hydrogens (tertiary/aromatic N) is 1. The smallest absolute Gasteiger partial charge is 0.254 e. The molecule has 1 unspecified atom stereocenters. The number of carbonyl (C=O) groups excluding carboxylic acids is 1. The summed E-state index contributed by atoms with van der Waals surface area (Å²) in [5.41, 5.74) is 1.67. The number of piperidine rings is 1. The van der Waals surface area contributed by atoms with Crippen molar-refractivity contribution in [2.45, 2.75) is 31.9 Å². The van der Waals surface area contributed by atoms with Crippen molar-refractivity contribution >= 4 is 5.91 Å². The molecule has 1 aromatic rings. The first kappa shape index (κ1) is 14.0. The molecule has 1 heterocycles.